The highest BCUT2D eigenvalue weighted by atomic mass is 16.2. The average molecular weight is 283 g/mol. The molecule has 0 aromatic heterocycles. The van der Waals surface area contributed by atoms with Crippen LogP contribution in [0.5, 0.6) is 0 Å². The van der Waals surface area contributed by atoms with Crippen LogP contribution in [0.15, 0.2) is 0 Å². The maximum Gasteiger partial charge on any atom is 0.245 e. The van der Waals surface area contributed by atoms with Gasteiger partial charge in [-0.1, -0.05) is 6.42 Å². The van der Waals surface area contributed by atoms with Gasteiger partial charge in [0.1, 0.15) is 5.54 Å². The quantitative estimate of drug-likeness (QED) is 0.693. The fraction of sp³-hybridized carbons (Fsp3) is 0.786. The van der Waals surface area contributed by atoms with E-state index >= 15 is 0 Å². The zero-order valence-corrected chi connectivity index (χ0v) is 12.6. The minimum Gasteiger partial charge on any atom is -0.356 e. The summed E-state index contributed by atoms with van der Waals surface area (Å²) in [5.74, 6) is -0.0886. The molecule has 0 aliphatic carbocycles. The third-order valence-corrected chi connectivity index (χ3v) is 3.59. The molecular weight excluding hydrogens is 258 g/mol. The van der Waals surface area contributed by atoms with Crippen LogP contribution in [0.2, 0.25) is 0 Å². The van der Waals surface area contributed by atoms with E-state index in [1.807, 2.05) is 0 Å². The van der Waals surface area contributed by atoms with Crippen molar-refractivity contribution in [1.29, 1.82) is 0 Å². The van der Waals surface area contributed by atoms with E-state index in [1.54, 1.807) is 18.7 Å². The Morgan fingerprint density at radius 2 is 2.00 bits per heavy atom. The van der Waals surface area contributed by atoms with Gasteiger partial charge >= 0.3 is 0 Å². The first-order valence-corrected chi connectivity index (χ1v) is 7.19. The number of hydrogen-bond acceptors (Lipinski definition) is 3. The van der Waals surface area contributed by atoms with Crippen molar-refractivity contribution in [3.8, 4) is 0 Å². The molecule has 0 radical (unpaired) electrons. The van der Waals surface area contributed by atoms with Gasteiger partial charge in [0.05, 0.1) is 0 Å². The van der Waals surface area contributed by atoms with Gasteiger partial charge in [-0.3, -0.25) is 14.4 Å². The normalized spacial score (nSPS) is 17.6. The summed E-state index contributed by atoms with van der Waals surface area (Å²) >= 11 is 0. The Balaban J connectivity index is 2.28. The molecule has 114 valence electrons. The monoisotopic (exact) mass is 283 g/mol. The maximum absolute atomic E-state index is 12.2. The maximum atomic E-state index is 12.2. The van der Waals surface area contributed by atoms with Crippen LogP contribution < -0.4 is 10.6 Å². The van der Waals surface area contributed by atoms with E-state index in [0.29, 0.717) is 26.1 Å². The predicted octanol–water partition coefficient (Wildman–Crippen LogP) is 0.420. The number of amides is 3. The molecule has 6 nitrogen and oxygen atoms in total. The number of nitrogens with one attached hydrogen (secondary N) is 2. The molecule has 0 atom stereocenters. The third-order valence-electron chi connectivity index (χ3n) is 3.59. The van der Waals surface area contributed by atoms with E-state index in [4.69, 9.17) is 0 Å². The van der Waals surface area contributed by atoms with Crippen molar-refractivity contribution in [3.05, 3.63) is 0 Å². The summed E-state index contributed by atoms with van der Waals surface area (Å²) in [6, 6.07) is 0. The molecular formula is C14H25N3O3. The Labute approximate surface area is 120 Å². The largest absolute Gasteiger partial charge is 0.356 e. The smallest absolute Gasteiger partial charge is 0.245 e. The Morgan fingerprint density at radius 1 is 1.30 bits per heavy atom. The van der Waals surface area contributed by atoms with Crippen LogP contribution in [0.3, 0.4) is 0 Å². The predicted molar refractivity (Wildman–Crippen MR) is 76.0 cm³/mol. The fourth-order valence-corrected chi connectivity index (χ4v) is 2.31. The number of hydrogen-bond donors (Lipinski definition) is 2. The van der Waals surface area contributed by atoms with E-state index in [1.165, 1.54) is 6.92 Å². The van der Waals surface area contributed by atoms with Gasteiger partial charge in [0.15, 0.2) is 0 Å². The van der Waals surface area contributed by atoms with Gasteiger partial charge in [-0.25, -0.2) is 0 Å². The summed E-state index contributed by atoms with van der Waals surface area (Å²) in [4.78, 5) is 36.3. The van der Waals surface area contributed by atoms with Gasteiger partial charge in [-0.05, 0) is 26.7 Å². The zero-order valence-electron chi connectivity index (χ0n) is 12.6. The lowest BCUT2D eigenvalue weighted by molar-refractivity contribution is -0.149. The van der Waals surface area contributed by atoms with E-state index in [2.05, 4.69) is 10.6 Å². The molecule has 0 unspecified atom stereocenters. The van der Waals surface area contributed by atoms with Crippen molar-refractivity contribution >= 4 is 17.7 Å². The lowest BCUT2D eigenvalue weighted by Crippen LogP contribution is -2.63. The molecule has 20 heavy (non-hydrogen) atoms. The molecule has 1 fully saturated rings. The van der Waals surface area contributed by atoms with Crippen molar-refractivity contribution in [3.63, 3.8) is 0 Å². The molecule has 1 aliphatic rings. The second kappa shape index (κ2) is 7.26. The van der Waals surface area contributed by atoms with Gasteiger partial charge in [0.2, 0.25) is 17.7 Å². The van der Waals surface area contributed by atoms with Crippen LogP contribution in [0, 0.1) is 0 Å². The number of nitrogens with zero attached hydrogens (tertiary/aromatic N) is 1. The number of piperazine rings is 1. The van der Waals surface area contributed by atoms with E-state index in [0.717, 1.165) is 19.3 Å². The van der Waals surface area contributed by atoms with Crippen LogP contribution in [0.4, 0.5) is 0 Å². The molecule has 0 spiro atoms. The summed E-state index contributed by atoms with van der Waals surface area (Å²) in [6.07, 6.45) is 3.01. The van der Waals surface area contributed by atoms with Gasteiger partial charge in [-0.2, -0.15) is 0 Å². The third kappa shape index (κ3) is 4.51. The van der Waals surface area contributed by atoms with Crippen molar-refractivity contribution < 1.29 is 14.4 Å². The number of unbranched alkanes of at least 4 members (excludes halogenated alkanes) is 2. The van der Waals surface area contributed by atoms with Gasteiger partial charge in [0.25, 0.3) is 0 Å². The van der Waals surface area contributed by atoms with Crippen LogP contribution in [-0.4, -0.2) is 47.8 Å². The van der Waals surface area contributed by atoms with Crippen LogP contribution >= 0.6 is 0 Å². The average Bonchev–Trinajstić information content (AvgIpc) is 2.36. The molecule has 3 amide bonds. The van der Waals surface area contributed by atoms with Gasteiger partial charge in [0, 0.05) is 33.0 Å². The lowest BCUT2D eigenvalue weighted by Gasteiger charge is -2.41. The highest BCUT2D eigenvalue weighted by Crippen LogP contribution is 2.19. The standard InChI is InChI=1S/C14H25N3O3/c1-11(18)15-8-6-4-5-7-12(19)17-10-9-16-13(20)14(17,2)3/h4-10H2,1-3H3,(H,15,18)(H,16,20). The first-order valence-electron chi connectivity index (χ1n) is 7.19. The Kier molecular flexibility index (Phi) is 5.98. The molecule has 1 heterocycles. The highest BCUT2D eigenvalue weighted by Gasteiger charge is 2.39. The lowest BCUT2D eigenvalue weighted by atomic mass is 9.98. The number of carbonyl (C=O) groups excluding carboxylic acids is 3. The molecule has 1 saturated heterocycles. The zero-order chi connectivity index (χ0) is 15.2. The second-order valence-corrected chi connectivity index (χ2v) is 5.65. The minimum atomic E-state index is -0.758. The summed E-state index contributed by atoms with van der Waals surface area (Å²) in [6.45, 7) is 6.79. The first kappa shape index (κ1) is 16.5. The Morgan fingerprint density at radius 3 is 2.65 bits per heavy atom. The van der Waals surface area contributed by atoms with E-state index in [-0.39, 0.29) is 17.7 Å². The SMILES string of the molecule is CC(=O)NCCCCCC(=O)N1CCNC(=O)C1(C)C. The molecule has 1 aliphatic heterocycles. The van der Waals surface area contributed by atoms with Crippen molar-refractivity contribution in [2.45, 2.75) is 52.0 Å². The van der Waals surface area contributed by atoms with E-state index in [9.17, 15) is 14.4 Å². The van der Waals surface area contributed by atoms with Gasteiger partial charge in [-0.15, -0.1) is 0 Å². The molecule has 0 aromatic rings. The summed E-state index contributed by atoms with van der Waals surface area (Å²) in [5, 5.41) is 5.51. The number of carbonyl (C=O) groups is 3. The van der Waals surface area contributed by atoms with Crippen LogP contribution in [-0.2, 0) is 14.4 Å². The van der Waals surface area contributed by atoms with E-state index < -0.39 is 5.54 Å². The molecule has 1 rings (SSSR count). The van der Waals surface area contributed by atoms with Crippen molar-refractivity contribution in [2.75, 3.05) is 19.6 Å². The molecule has 6 heteroatoms. The van der Waals surface area contributed by atoms with Crippen molar-refractivity contribution in [2.24, 2.45) is 0 Å². The summed E-state index contributed by atoms with van der Waals surface area (Å²) in [5.41, 5.74) is -0.758. The van der Waals surface area contributed by atoms with Crippen LogP contribution in [0.1, 0.15) is 46.5 Å². The molecule has 0 bridgehead atoms. The first-order chi connectivity index (χ1) is 9.35. The topological polar surface area (TPSA) is 78.5 Å². The molecule has 0 aromatic carbocycles. The molecule has 0 saturated carbocycles. The Bertz CT molecular complexity index is 380. The highest BCUT2D eigenvalue weighted by molar-refractivity contribution is 5.91. The number of rotatable bonds is 6. The summed E-state index contributed by atoms with van der Waals surface area (Å²) < 4.78 is 0. The Hall–Kier alpha value is -1.59. The molecule has 2 N–H and O–H groups in total. The van der Waals surface area contributed by atoms with Gasteiger partial charge < -0.3 is 15.5 Å². The van der Waals surface area contributed by atoms with Crippen molar-refractivity contribution in [1.82, 2.24) is 15.5 Å². The fourth-order valence-electron chi connectivity index (χ4n) is 2.31. The summed E-state index contributed by atoms with van der Waals surface area (Å²) in [7, 11) is 0. The minimum absolute atomic E-state index is 0.0258. The second-order valence-electron chi connectivity index (χ2n) is 5.65. The van der Waals surface area contributed by atoms with Crippen LogP contribution in [0.25, 0.3) is 0 Å².